The van der Waals surface area contributed by atoms with Crippen molar-refractivity contribution in [3.05, 3.63) is 114 Å². The maximum atomic E-state index is 14.0. The van der Waals surface area contributed by atoms with Gasteiger partial charge in [-0.3, -0.25) is 4.98 Å². The second-order valence-electron chi connectivity index (χ2n) is 6.28. The standard InChI is InChI=1S/C23H19FN2/c24-21-14-19-12-7-13-25-23(19)20(15-21)16-26-22(17-8-3-1-4-9-17)18-10-5-2-6-11-18/h1-15,22,26H,16H2. The van der Waals surface area contributed by atoms with Gasteiger partial charge >= 0.3 is 0 Å². The maximum absolute atomic E-state index is 14.0. The quantitative estimate of drug-likeness (QED) is 0.535. The number of hydrogen-bond donors (Lipinski definition) is 1. The topological polar surface area (TPSA) is 24.9 Å². The maximum Gasteiger partial charge on any atom is 0.124 e. The molecule has 1 aromatic heterocycles. The normalized spacial score (nSPS) is 11.2. The molecule has 4 rings (SSSR count). The Hall–Kier alpha value is -3.04. The Kier molecular flexibility index (Phi) is 4.71. The van der Waals surface area contributed by atoms with Crippen molar-refractivity contribution in [3.63, 3.8) is 0 Å². The van der Waals surface area contributed by atoms with Crippen molar-refractivity contribution in [2.24, 2.45) is 0 Å². The summed E-state index contributed by atoms with van der Waals surface area (Å²) in [5.41, 5.74) is 4.04. The third kappa shape index (κ3) is 3.48. The van der Waals surface area contributed by atoms with E-state index in [4.69, 9.17) is 0 Å². The van der Waals surface area contributed by atoms with Gasteiger partial charge < -0.3 is 5.32 Å². The molecule has 0 fully saturated rings. The Morgan fingerprint density at radius 3 is 2.12 bits per heavy atom. The first-order valence-corrected chi connectivity index (χ1v) is 8.68. The molecule has 1 N–H and O–H groups in total. The van der Waals surface area contributed by atoms with Crippen LogP contribution in [-0.2, 0) is 6.54 Å². The molecular formula is C23H19FN2. The lowest BCUT2D eigenvalue weighted by Gasteiger charge is -2.20. The molecule has 0 saturated heterocycles. The van der Waals surface area contributed by atoms with Crippen LogP contribution in [0.3, 0.4) is 0 Å². The monoisotopic (exact) mass is 342 g/mol. The zero-order valence-electron chi connectivity index (χ0n) is 14.3. The summed E-state index contributed by atoms with van der Waals surface area (Å²) >= 11 is 0. The second-order valence-corrected chi connectivity index (χ2v) is 6.28. The van der Waals surface area contributed by atoms with Crippen LogP contribution in [0.4, 0.5) is 4.39 Å². The van der Waals surface area contributed by atoms with Crippen molar-refractivity contribution >= 4 is 10.9 Å². The summed E-state index contributed by atoms with van der Waals surface area (Å²) < 4.78 is 14.0. The van der Waals surface area contributed by atoms with Gasteiger partial charge in [-0.15, -0.1) is 0 Å². The molecule has 26 heavy (non-hydrogen) atoms. The fourth-order valence-corrected chi connectivity index (χ4v) is 3.29. The van der Waals surface area contributed by atoms with Gasteiger partial charge in [0.2, 0.25) is 0 Å². The van der Waals surface area contributed by atoms with Crippen molar-refractivity contribution in [3.8, 4) is 0 Å². The van der Waals surface area contributed by atoms with Gasteiger partial charge in [-0.05, 0) is 34.9 Å². The summed E-state index contributed by atoms with van der Waals surface area (Å²) in [7, 11) is 0. The molecule has 0 aliphatic heterocycles. The molecule has 128 valence electrons. The van der Waals surface area contributed by atoms with Gasteiger partial charge in [0.15, 0.2) is 0 Å². The molecule has 0 unspecified atom stereocenters. The van der Waals surface area contributed by atoms with Crippen LogP contribution in [0.1, 0.15) is 22.7 Å². The van der Waals surface area contributed by atoms with Gasteiger partial charge in [-0.1, -0.05) is 66.7 Å². The van der Waals surface area contributed by atoms with Crippen molar-refractivity contribution in [1.29, 1.82) is 0 Å². The minimum absolute atomic E-state index is 0.0272. The highest BCUT2D eigenvalue weighted by Crippen LogP contribution is 2.24. The Morgan fingerprint density at radius 2 is 1.46 bits per heavy atom. The van der Waals surface area contributed by atoms with E-state index in [9.17, 15) is 4.39 Å². The summed E-state index contributed by atoms with van der Waals surface area (Å²) in [6.07, 6.45) is 1.75. The Morgan fingerprint density at radius 1 is 0.808 bits per heavy atom. The molecular weight excluding hydrogens is 323 g/mol. The summed E-state index contributed by atoms with van der Waals surface area (Å²) in [4.78, 5) is 4.44. The van der Waals surface area contributed by atoms with E-state index in [1.165, 1.54) is 17.2 Å². The smallest absolute Gasteiger partial charge is 0.124 e. The zero-order valence-corrected chi connectivity index (χ0v) is 14.3. The lowest BCUT2D eigenvalue weighted by Crippen LogP contribution is -2.22. The Labute approximate surface area is 152 Å². The van der Waals surface area contributed by atoms with Crippen LogP contribution in [0.2, 0.25) is 0 Å². The number of nitrogens with zero attached hydrogens (tertiary/aromatic N) is 1. The molecule has 0 aliphatic carbocycles. The van der Waals surface area contributed by atoms with Crippen LogP contribution in [-0.4, -0.2) is 4.98 Å². The predicted molar refractivity (Wildman–Crippen MR) is 103 cm³/mol. The molecule has 0 amide bonds. The summed E-state index contributed by atoms with van der Waals surface area (Å²) in [5.74, 6) is -0.238. The fraction of sp³-hybridized carbons (Fsp3) is 0.0870. The fourth-order valence-electron chi connectivity index (χ4n) is 3.29. The highest BCUT2D eigenvalue weighted by Gasteiger charge is 2.14. The van der Waals surface area contributed by atoms with E-state index in [2.05, 4.69) is 34.6 Å². The van der Waals surface area contributed by atoms with Gasteiger partial charge in [-0.25, -0.2) is 4.39 Å². The minimum atomic E-state index is -0.238. The molecule has 0 radical (unpaired) electrons. The van der Waals surface area contributed by atoms with Crippen LogP contribution >= 0.6 is 0 Å². The van der Waals surface area contributed by atoms with Crippen LogP contribution < -0.4 is 5.32 Å². The van der Waals surface area contributed by atoms with Gasteiger partial charge in [0.1, 0.15) is 5.82 Å². The number of nitrogens with one attached hydrogen (secondary N) is 1. The van der Waals surface area contributed by atoms with Crippen LogP contribution in [0.15, 0.2) is 91.1 Å². The third-order valence-electron chi connectivity index (χ3n) is 4.51. The zero-order chi connectivity index (χ0) is 17.8. The van der Waals surface area contributed by atoms with Gasteiger partial charge in [0.05, 0.1) is 11.6 Å². The Balaban J connectivity index is 1.68. The van der Waals surface area contributed by atoms with E-state index in [0.29, 0.717) is 6.54 Å². The average Bonchev–Trinajstić information content (AvgIpc) is 2.69. The molecule has 0 aliphatic rings. The molecule has 0 bridgehead atoms. The van der Waals surface area contributed by atoms with Crippen molar-refractivity contribution in [1.82, 2.24) is 10.3 Å². The summed E-state index contributed by atoms with van der Waals surface area (Å²) in [5, 5.41) is 4.40. The lowest BCUT2D eigenvalue weighted by molar-refractivity contribution is 0.596. The minimum Gasteiger partial charge on any atom is -0.302 e. The van der Waals surface area contributed by atoms with Crippen LogP contribution in [0.5, 0.6) is 0 Å². The highest BCUT2D eigenvalue weighted by atomic mass is 19.1. The Bertz CT molecular complexity index is 961. The molecule has 0 atom stereocenters. The van der Waals surface area contributed by atoms with E-state index in [-0.39, 0.29) is 11.9 Å². The number of aromatic nitrogens is 1. The largest absolute Gasteiger partial charge is 0.302 e. The van der Waals surface area contributed by atoms with E-state index >= 15 is 0 Å². The lowest BCUT2D eigenvalue weighted by atomic mass is 9.98. The highest BCUT2D eigenvalue weighted by molar-refractivity contribution is 5.81. The summed E-state index contributed by atoms with van der Waals surface area (Å²) in [6, 6.07) is 27.4. The van der Waals surface area contributed by atoms with Crippen molar-refractivity contribution in [2.45, 2.75) is 12.6 Å². The molecule has 2 nitrogen and oxygen atoms in total. The van der Waals surface area contributed by atoms with Crippen molar-refractivity contribution < 1.29 is 4.39 Å². The van der Waals surface area contributed by atoms with Gasteiger partial charge in [-0.2, -0.15) is 0 Å². The van der Waals surface area contributed by atoms with Crippen LogP contribution in [0, 0.1) is 5.82 Å². The van der Waals surface area contributed by atoms with E-state index in [1.54, 1.807) is 12.3 Å². The SMILES string of the molecule is Fc1cc(CNC(c2ccccc2)c2ccccc2)c2ncccc2c1. The predicted octanol–water partition coefficient (Wildman–Crippen LogP) is 5.25. The first kappa shape index (κ1) is 16.4. The second kappa shape index (κ2) is 7.46. The van der Waals surface area contributed by atoms with E-state index in [0.717, 1.165) is 16.5 Å². The first-order valence-electron chi connectivity index (χ1n) is 8.68. The molecule has 4 aromatic rings. The van der Waals surface area contributed by atoms with Gasteiger partial charge in [0.25, 0.3) is 0 Å². The average molecular weight is 342 g/mol. The molecule has 1 heterocycles. The first-order chi connectivity index (χ1) is 12.8. The molecule has 3 aromatic carbocycles. The van der Waals surface area contributed by atoms with Crippen molar-refractivity contribution in [2.75, 3.05) is 0 Å². The van der Waals surface area contributed by atoms with Crippen LogP contribution in [0.25, 0.3) is 10.9 Å². The molecule has 3 heteroatoms. The summed E-state index contributed by atoms with van der Waals surface area (Å²) in [6.45, 7) is 0.528. The molecule has 0 saturated carbocycles. The number of halogens is 1. The number of rotatable bonds is 5. The van der Waals surface area contributed by atoms with E-state index in [1.807, 2.05) is 48.5 Å². The van der Waals surface area contributed by atoms with E-state index < -0.39 is 0 Å². The third-order valence-corrected chi connectivity index (χ3v) is 4.51. The number of fused-ring (bicyclic) bond motifs is 1. The van der Waals surface area contributed by atoms with Gasteiger partial charge in [0, 0.05) is 18.1 Å². The number of benzene rings is 3. The molecule has 0 spiro atoms. The number of hydrogen-bond acceptors (Lipinski definition) is 2. The number of pyridine rings is 1.